The predicted octanol–water partition coefficient (Wildman–Crippen LogP) is 5.15. The lowest BCUT2D eigenvalue weighted by atomic mass is 9.97. The van der Waals surface area contributed by atoms with E-state index in [2.05, 4.69) is 30.5 Å². The van der Waals surface area contributed by atoms with Crippen LogP contribution in [0.25, 0.3) is 0 Å². The monoisotopic (exact) mass is 302 g/mol. The Balaban J connectivity index is 2.07. The van der Waals surface area contributed by atoms with E-state index >= 15 is 0 Å². The molecule has 0 spiro atoms. The third-order valence-electron chi connectivity index (χ3n) is 3.45. The summed E-state index contributed by atoms with van der Waals surface area (Å²) in [6.45, 7) is 4.35. The summed E-state index contributed by atoms with van der Waals surface area (Å²) in [6.07, 6.45) is 1.07. The highest BCUT2D eigenvalue weighted by Gasteiger charge is 2.09. The van der Waals surface area contributed by atoms with Crippen molar-refractivity contribution in [3.8, 4) is 0 Å². The number of para-hydroxylation sites is 1. The van der Waals surface area contributed by atoms with E-state index in [9.17, 15) is 4.39 Å². The Bertz CT molecular complexity index is 610. The summed E-state index contributed by atoms with van der Waals surface area (Å²) < 4.78 is 12.9. The summed E-state index contributed by atoms with van der Waals surface area (Å²) in [4.78, 5) is 0. The van der Waals surface area contributed by atoms with Crippen LogP contribution in [0.4, 0.5) is 15.8 Å². The number of anilines is 2. The smallest absolute Gasteiger partial charge is 0.175 e. The molecule has 0 bridgehead atoms. The average molecular weight is 302 g/mol. The molecule has 2 N–H and O–H groups in total. The van der Waals surface area contributed by atoms with E-state index in [1.807, 2.05) is 18.2 Å². The molecule has 0 fully saturated rings. The van der Waals surface area contributed by atoms with Crippen molar-refractivity contribution in [1.82, 2.24) is 0 Å². The Morgan fingerprint density at radius 1 is 1.10 bits per heavy atom. The van der Waals surface area contributed by atoms with Gasteiger partial charge in [0.2, 0.25) is 0 Å². The van der Waals surface area contributed by atoms with Crippen molar-refractivity contribution in [2.75, 3.05) is 10.6 Å². The maximum absolute atomic E-state index is 12.9. The molecule has 2 rings (SSSR count). The molecule has 0 aromatic heterocycles. The van der Waals surface area contributed by atoms with Crippen LogP contribution in [-0.2, 0) is 0 Å². The Kier molecular flexibility index (Phi) is 5.28. The van der Waals surface area contributed by atoms with Crippen LogP contribution in [0.5, 0.6) is 0 Å². The maximum atomic E-state index is 12.9. The van der Waals surface area contributed by atoms with E-state index in [0.29, 0.717) is 11.0 Å². The quantitative estimate of drug-likeness (QED) is 0.764. The molecule has 2 nitrogen and oxygen atoms in total. The predicted molar refractivity (Wildman–Crippen MR) is 91.4 cm³/mol. The fourth-order valence-corrected chi connectivity index (χ4v) is 2.31. The standard InChI is InChI=1S/C17H19FN2S/c1-3-12(2)15-6-4-5-7-16(15)20-17(21)19-14-10-8-13(18)9-11-14/h4-12H,3H2,1-2H3,(H2,19,20,21). The van der Waals surface area contributed by atoms with Crippen molar-refractivity contribution in [3.05, 3.63) is 59.9 Å². The molecule has 0 amide bonds. The third-order valence-corrected chi connectivity index (χ3v) is 3.66. The van der Waals surface area contributed by atoms with Gasteiger partial charge in [-0.05, 0) is 60.5 Å². The SMILES string of the molecule is CCC(C)c1ccccc1NC(=S)Nc1ccc(F)cc1. The first-order valence-electron chi connectivity index (χ1n) is 7.02. The van der Waals surface area contributed by atoms with Crippen LogP contribution >= 0.6 is 12.2 Å². The Labute approximate surface area is 130 Å². The second-order valence-electron chi connectivity index (χ2n) is 4.98. The number of hydrogen-bond acceptors (Lipinski definition) is 1. The highest BCUT2D eigenvalue weighted by atomic mass is 32.1. The number of thiocarbonyl (C=S) groups is 1. The lowest BCUT2D eigenvalue weighted by Gasteiger charge is -2.17. The summed E-state index contributed by atoms with van der Waals surface area (Å²) in [7, 11) is 0. The van der Waals surface area contributed by atoms with Crippen molar-refractivity contribution in [2.45, 2.75) is 26.2 Å². The lowest BCUT2D eigenvalue weighted by Crippen LogP contribution is -2.20. The van der Waals surface area contributed by atoms with Gasteiger partial charge in [0.1, 0.15) is 5.82 Å². The highest BCUT2D eigenvalue weighted by molar-refractivity contribution is 7.80. The van der Waals surface area contributed by atoms with Gasteiger partial charge in [-0.25, -0.2) is 4.39 Å². The average Bonchev–Trinajstić information content (AvgIpc) is 2.49. The van der Waals surface area contributed by atoms with Gasteiger partial charge in [-0.1, -0.05) is 32.0 Å². The molecule has 2 aromatic rings. The van der Waals surface area contributed by atoms with Crippen LogP contribution in [0.15, 0.2) is 48.5 Å². The van der Waals surface area contributed by atoms with Crippen LogP contribution in [0.3, 0.4) is 0 Å². The van der Waals surface area contributed by atoms with Gasteiger partial charge in [-0.15, -0.1) is 0 Å². The van der Waals surface area contributed by atoms with Crippen LogP contribution in [0.2, 0.25) is 0 Å². The molecule has 21 heavy (non-hydrogen) atoms. The number of nitrogens with one attached hydrogen (secondary N) is 2. The molecule has 1 atom stereocenters. The van der Waals surface area contributed by atoms with Crippen LogP contribution in [0, 0.1) is 5.82 Å². The lowest BCUT2D eigenvalue weighted by molar-refractivity contribution is 0.628. The zero-order chi connectivity index (χ0) is 15.2. The van der Waals surface area contributed by atoms with Crippen molar-refractivity contribution in [2.24, 2.45) is 0 Å². The normalized spacial score (nSPS) is 11.8. The van der Waals surface area contributed by atoms with Gasteiger partial charge in [0.05, 0.1) is 0 Å². The second-order valence-corrected chi connectivity index (χ2v) is 5.39. The van der Waals surface area contributed by atoms with Gasteiger partial charge in [0.15, 0.2) is 5.11 Å². The second kappa shape index (κ2) is 7.18. The van der Waals surface area contributed by atoms with Crippen molar-refractivity contribution in [1.29, 1.82) is 0 Å². The van der Waals surface area contributed by atoms with E-state index < -0.39 is 0 Å². The van der Waals surface area contributed by atoms with Gasteiger partial charge >= 0.3 is 0 Å². The van der Waals surface area contributed by atoms with E-state index in [-0.39, 0.29) is 5.82 Å². The molecule has 0 aliphatic rings. The van der Waals surface area contributed by atoms with Gasteiger partial charge in [0, 0.05) is 11.4 Å². The summed E-state index contributed by atoms with van der Waals surface area (Å²) in [5.41, 5.74) is 3.00. The molecule has 1 unspecified atom stereocenters. The fourth-order valence-electron chi connectivity index (χ4n) is 2.08. The molecule has 0 saturated carbocycles. The summed E-state index contributed by atoms with van der Waals surface area (Å²) >= 11 is 5.32. The van der Waals surface area contributed by atoms with Gasteiger partial charge < -0.3 is 10.6 Å². The van der Waals surface area contributed by atoms with Crippen LogP contribution < -0.4 is 10.6 Å². The van der Waals surface area contributed by atoms with E-state index in [4.69, 9.17) is 12.2 Å². The Hall–Kier alpha value is -1.94. The minimum Gasteiger partial charge on any atom is -0.332 e. The number of benzene rings is 2. The highest BCUT2D eigenvalue weighted by Crippen LogP contribution is 2.26. The van der Waals surface area contributed by atoms with Gasteiger partial charge in [-0.2, -0.15) is 0 Å². The van der Waals surface area contributed by atoms with Crippen molar-refractivity contribution in [3.63, 3.8) is 0 Å². The first-order chi connectivity index (χ1) is 10.1. The minimum atomic E-state index is -0.262. The van der Waals surface area contributed by atoms with E-state index in [1.165, 1.54) is 17.7 Å². The molecule has 4 heteroatoms. The number of halogens is 1. The molecule has 0 radical (unpaired) electrons. The minimum absolute atomic E-state index is 0.262. The fraction of sp³-hybridized carbons (Fsp3) is 0.235. The summed E-state index contributed by atoms with van der Waals surface area (Å²) in [6, 6.07) is 14.2. The molecular weight excluding hydrogens is 283 g/mol. The van der Waals surface area contributed by atoms with E-state index in [0.717, 1.165) is 17.8 Å². The molecule has 0 saturated heterocycles. The first kappa shape index (κ1) is 15.4. The van der Waals surface area contributed by atoms with Crippen molar-refractivity contribution < 1.29 is 4.39 Å². The van der Waals surface area contributed by atoms with E-state index in [1.54, 1.807) is 12.1 Å². The Morgan fingerprint density at radius 3 is 2.43 bits per heavy atom. The van der Waals surface area contributed by atoms with Crippen LogP contribution in [0.1, 0.15) is 31.7 Å². The van der Waals surface area contributed by atoms with Gasteiger partial charge in [-0.3, -0.25) is 0 Å². The number of hydrogen-bond donors (Lipinski definition) is 2. The largest absolute Gasteiger partial charge is 0.332 e. The maximum Gasteiger partial charge on any atom is 0.175 e. The van der Waals surface area contributed by atoms with Crippen LogP contribution in [-0.4, -0.2) is 5.11 Å². The zero-order valence-corrected chi connectivity index (χ0v) is 13.0. The van der Waals surface area contributed by atoms with Gasteiger partial charge in [0.25, 0.3) is 0 Å². The summed E-state index contributed by atoms with van der Waals surface area (Å²) in [5, 5.41) is 6.77. The van der Waals surface area contributed by atoms with Crippen molar-refractivity contribution >= 4 is 28.7 Å². The first-order valence-corrected chi connectivity index (χ1v) is 7.43. The Morgan fingerprint density at radius 2 is 1.76 bits per heavy atom. The molecule has 0 aliphatic carbocycles. The third kappa shape index (κ3) is 4.26. The molecular formula is C17H19FN2S. The molecule has 0 aliphatic heterocycles. The molecule has 0 heterocycles. The zero-order valence-electron chi connectivity index (χ0n) is 12.2. The summed E-state index contributed by atoms with van der Waals surface area (Å²) in [5.74, 6) is 0.198. The molecule has 110 valence electrons. The molecule has 2 aromatic carbocycles. The topological polar surface area (TPSA) is 24.1 Å². The number of rotatable bonds is 4.